The second-order valence-electron chi connectivity index (χ2n) is 9.70. The van der Waals surface area contributed by atoms with Crippen molar-refractivity contribution < 1.29 is 40.8 Å². The second-order valence-corrected chi connectivity index (χ2v) is 9.70. The van der Waals surface area contributed by atoms with Gasteiger partial charge in [-0.15, -0.1) is 0 Å². The van der Waals surface area contributed by atoms with Gasteiger partial charge < -0.3 is 14.9 Å². The zero-order valence-corrected chi connectivity index (χ0v) is 19.1. The number of pyridine rings is 1. The number of amides is 1. The van der Waals surface area contributed by atoms with Crippen LogP contribution in [-0.2, 0) is 11.6 Å². The highest BCUT2D eigenvalue weighted by molar-refractivity contribution is 5.94. The van der Waals surface area contributed by atoms with E-state index < -0.39 is 52.0 Å². The molecule has 0 unspecified atom stereocenters. The van der Waals surface area contributed by atoms with E-state index in [1.807, 2.05) is 0 Å². The minimum atomic E-state index is -4.55. The average Bonchev–Trinajstić information content (AvgIpc) is 3.40. The third-order valence-electron chi connectivity index (χ3n) is 7.60. The molecule has 2 N–H and O–H groups in total. The van der Waals surface area contributed by atoms with Crippen LogP contribution in [0.4, 0.5) is 26.3 Å². The summed E-state index contributed by atoms with van der Waals surface area (Å²) in [5, 5.41) is 15.6. The van der Waals surface area contributed by atoms with Crippen molar-refractivity contribution in [3.05, 3.63) is 59.0 Å². The van der Waals surface area contributed by atoms with Gasteiger partial charge in [0, 0.05) is 23.7 Å². The number of rotatable bonds is 5. The molecule has 13 heteroatoms. The highest BCUT2D eigenvalue weighted by Gasteiger charge is 2.52. The van der Waals surface area contributed by atoms with E-state index in [2.05, 4.69) is 20.4 Å². The number of halogens is 6. The first-order valence-corrected chi connectivity index (χ1v) is 11.5. The Hall–Kier alpha value is -3.64. The number of phenols is 1. The predicted octanol–water partition coefficient (Wildman–Crippen LogP) is 5.30. The van der Waals surface area contributed by atoms with E-state index in [4.69, 9.17) is 9.63 Å². The van der Waals surface area contributed by atoms with Crippen molar-refractivity contribution in [1.29, 1.82) is 0 Å². The number of aromatic hydroxyl groups is 1. The first-order valence-electron chi connectivity index (χ1n) is 11.5. The van der Waals surface area contributed by atoms with E-state index in [9.17, 15) is 31.1 Å². The molecule has 2 aromatic heterocycles. The molecule has 3 aliphatic carbocycles. The van der Waals surface area contributed by atoms with Gasteiger partial charge in [-0.3, -0.25) is 9.78 Å². The lowest BCUT2D eigenvalue weighted by atomic mass is 9.53. The molecular formula is C24H20F6N4O3. The zero-order valence-electron chi connectivity index (χ0n) is 19.1. The Balaban J connectivity index is 1.24. The molecule has 3 saturated carbocycles. The van der Waals surface area contributed by atoms with Crippen LogP contribution >= 0.6 is 0 Å². The maximum absolute atomic E-state index is 14.0. The Labute approximate surface area is 205 Å². The van der Waals surface area contributed by atoms with Gasteiger partial charge in [0.2, 0.25) is 17.5 Å². The van der Waals surface area contributed by atoms with Crippen LogP contribution in [0, 0.1) is 22.9 Å². The molecule has 0 atom stereocenters. The number of benzene rings is 1. The van der Waals surface area contributed by atoms with E-state index in [-0.39, 0.29) is 23.3 Å². The number of alkyl halides is 3. The van der Waals surface area contributed by atoms with E-state index >= 15 is 0 Å². The van der Waals surface area contributed by atoms with E-state index in [1.54, 1.807) is 0 Å². The summed E-state index contributed by atoms with van der Waals surface area (Å²) in [7, 11) is 0. The fraction of sp³-hybridized carbons (Fsp3) is 0.417. The van der Waals surface area contributed by atoms with Crippen LogP contribution in [0.2, 0.25) is 0 Å². The van der Waals surface area contributed by atoms with Crippen LogP contribution in [0.1, 0.15) is 60.5 Å². The number of hydrogen-bond acceptors (Lipinski definition) is 6. The van der Waals surface area contributed by atoms with Gasteiger partial charge >= 0.3 is 6.18 Å². The van der Waals surface area contributed by atoms with Gasteiger partial charge in [0.1, 0.15) is 5.69 Å². The van der Waals surface area contributed by atoms with Crippen molar-refractivity contribution in [3.8, 4) is 17.1 Å². The fourth-order valence-corrected chi connectivity index (χ4v) is 5.21. The fourth-order valence-electron chi connectivity index (χ4n) is 5.21. The Kier molecular flexibility index (Phi) is 5.91. The summed E-state index contributed by atoms with van der Waals surface area (Å²) < 4.78 is 85.0. The third-order valence-corrected chi connectivity index (χ3v) is 7.60. The summed E-state index contributed by atoms with van der Waals surface area (Å²) in [5.41, 5.74) is -2.28. The number of phenolic OH excluding ortho intramolecular Hbond substituents is 1. The van der Waals surface area contributed by atoms with Gasteiger partial charge in [-0.25, -0.2) is 8.78 Å². The minimum absolute atomic E-state index is 0.135. The normalized spacial score (nSPS) is 23.3. The number of carbonyl (C=O) groups excluding carboxylic acids is 1. The Morgan fingerprint density at radius 2 is 1.73 bits per heavy atom. The molecule has 1 aromatic carbocycles. The first kappa shape index (κ1) is 25.0. The largest absolute Gasteiger partial charge is 0.503 e. The Bertz CT molecular complexity index is 1330. The maximum atomic E-state index is 14.0. The van der Waals surface area contributed by atoms with Crippen molar-refractivity contribution in [2.75, 3.05) is 6.54 Å². The standard InChI is InChI=1S/C24H20F6N4O3/c25-14-9-13(16(26)17(27)18(14)35)20(36)32-11-22-3-6-23(7-4-22,8-5-22)21-33-19(34-37-21)12-1-2-15(31-10-12)24(28,29)30/h1-2,9-10,35H,3-8,11H2,(H,32,36). The average molecular weight is 526 g/mol. The van der Waals surface area contributed by atoms with Crippen molar-refractivity contribution in [2.24, 2.45) is 5.41 Å². The van der Waals surface area contributed by atoms with E-state index in [1.165, 1.54) is 6.07 Å². The van der Waals surface area contributed by atoms with Crippen molar-refractivity contribution >= 4 is 5.91 Å². The minimum Gasteiger partial charge on any atom is -0.503 e. The van der Waals surface area contributed by atoms with Gasteiger partial charge in [0.05, 0.1) is 5.56 Å². The number of aromatic nitrogens is 3. The maximum Gasteiger partial charge on any atom is 0.433 e. The summed E-state index contributed by atoms with van der Waals surface area (Å²) in [6, 6.07) is 2.53. The molecule has 0 saturated heterocycles. The lowest BCUT2D eigenvalue weighted by Gasteiger charge is -2.51. The first-order chi connectivity index (χ1) is 17.4. The third kappa shape index (κ3) is 4.40. The topological polar surface area (TPSA) is 101 Å². The van der Waals surface area contributed by atoms with Crippen LogP contribution in [0.5, 0.6) is 5.75 Å². The number of nitrogens with one attached hydrogen (secondary N) is 1. The number of carbonyl (C=O) groups is 1. The zero-order chi connectivity index (χ0) is 26.6. The molecule has 1 amide bonds. The second kappa shape index (κ2) is 8.73. The predicted molar refractivity (Wildman–Crippen MR) is 115 cm³/mol. The molecular weight excluding hydrogens is 506 g/mol. The van der Waals surface area contributed by atoms with Gasteiger partial charge in [0.25, 0.3) is 5.91 Å². The molecule has 0 spiro atoms. The quantitative estimate of drug-likeness (QED) is 0.346. The summed E-state index contributed by atoms with van der Waals surface area (Å²) in [5.74, 6) is -6.84. The van der Waals surface area contributed by atoms with Gasteiger partial charge in [-0.2, -0.15) is 22.5 Å². The van der Waals surface area contributed by atoms with E-state index in [0.717, 1.165) is 12.3 Å². The van der Waals surface area contributed by atoms with Crippen molar-refractivity contribution in [3.63, 3.8) is 0 Å². The van der Waals surface area contributed by atoms with Crippen LogP contribution in [0.3, 0.4) is 0 Å². The van der Waals surface area contributed by atoms with Gasteiger partial charge in [0.15, 0.2) is 17.4 Å². The van der Waals surface area contributed by atoms with Crippen LogP contribution in [0.15, 0.2) is 28.9 Å². The number of fused-ring (bicyclic) bond motifs is 3. The monoisotopic (exact) mass is 526 g/mol. The van der Waals surface area contributed by atoms with Crippen LogP contribution in [0.25, 0.3) is 11.4 Å². The van der Waals surface area contributed by atoms with Crippen LogP contribution < -0.4 is 5.32 Å². The summed E-state index contributed by atoms with van der Waals surface area (Å²) in [6.07, 6.45) is 0.403. The lowest BCUT2D eigenvalue weighted by molar-refractivity contribution is -0.141. The molecule has 0 aliphatic heterocycles. The van der Waals surface area contributed by atoms with E-state index in [0.29, 0.717) is 50.5 Å². The number of nitrogens with zero attached hydrogens (tertiary/aromatic N) is 3. The molecule has 7 nitrogen and oxygen atoms in total. The van der Waals surface area contributed by atoms with Crippen LogP contribution in [-0.4, -0.2) is 32.7 Å². The molecule has 0 radical (unpaired) electrons. The molecule has 37 heavy (non-hydrogen) atoms. The summed E-state index contributed by atoms with van der Waals surface area (Å²) >= 11 is 0. The molecule has 2 bridgehead atoms. The van der Waals surface area contributed by atoms with Gasteiger partial charge in [-0.05, 0) is 62.1 Å². The summed E-state index contributed by atoms with van der Waals surface area (Å²) in [4.78, 5) is 20.3. The molecule has 2 heterocycles. The summed E-state index contributed by atoms with van der Waals surface area (Å²) in [6.45, 7) is 0.164. The highest BCUT2D eigenvalue weighted by atomic mass is 19.4. The molecule has 3 aliphatic rings. The highest BCUT2D eigenvalue weighted by Crippen LogP contribution is 2.57. The molecule has 3 aromatic rings. The van der Waals surface area contributed by atoms with Crippen molar-refractivity contribution in [2.45, 2.75) is 50.1 Å². The Morgan fingerprint density at radius 1 is 1.05 bits per heavy atom. The Morgan fingerprint density at radius 3 is 2.32 bits per heavy atom. The smallest absolute Gasteiger partial charge is 0.433 e. The molecule has 196 valence electrons. The SMILES string of the molecule is O=C(NCC12CCC(c3nc(-c4ccc(C(F)(F)F)nc4)no3)(CC1)CC2)c1cc(F)c(O)c(F)c1F. The molecule has 6 rings (SSSR count). The lowest BCUT2D eigenvalue weighted by Crippen LogP contribution is -2.49. The van der Waals surface area contributed by atoms with Gasteiger partial charge in [-0.1, -0.05) is 5.16 Å². The number of hydrogen-bond donors (Lipinski definition) is 2. The molecule has 3 fully saturated rings. The van der Waals surface area contributed by atoms with Crippen molar-refractivity contribution in [1.82, 2.24) is 20.4 Å².